The van der Waals surface area contributed by atoms with Crippen LogP contribution in [0, 0.1) is 35.0 Å². The average Bonchev–Trinajstić information content (AvgIpc) is 3.11. The van der Waals surface area contributed by atoms with Crippen molar-refractivity contribution in [3.05, 3.63) is 23.3 Å². The van der Waals surface area contributed by atoms with Gasteiger partial charge >= 0.3 is 5.97 Å². The minimum atomic E-state index is -0.977. The highest BCUT2D eigenvalue weighted by Crippen LogP contribution is 2.46. The number of aliphatic hydroxyl groups is 3. The Kier molecular flexibility index (Phi) is 13.7. The molecule has 2 fully saturated rings. The highest BCUT2D eigenvalue weighted by atomic mass is 33.1. The van der Waals surface area contributed by atoms with Crippen molar-refractivity contribution < 1.29 is 34.7 Å². The van der Waals surface area contributed by atoms with E-state index >= 15 is 0 Å². The first kappa shape index (κ1) is 40.3. The van der Waals surface area contributed by atoms with Crippen LogP contribution in [0.25, 0.3) is 0 Å². The number of hydrogen-bond donors (Lipinski definition) is 8. The lowest BCUT2D eigenvalue weighted by Crippen LogP contribution is -2.66. The number of rotatable bonds is 3. The van der Waals surface area contributed by atoms with E-state index in [2.05, 4.69) is 32.8 Å². The van der Waals surface area contributed by atoms with E-state index in [9.17, 15) is 25.2 Å². The van der Waals surface area contributed by atoms with Crippen molar-refractivity contribution in [1.29, 1.82) is 0 Å². The molecular weight excluding hydrogens is 715 g/mol. The third-order valence-corrected chi connectivity index (χ3v) is 14.6. The second-order valence-corrected chi connectivity index (χ2v) is 18.6. The third kappa shape index (κ3) is 9.90. The molecule has 294 valence electrons. The highest BCUT2D eigenvalue weighted by molar-refractivity contribution is 8.76. The summed E-state index contributed by atoms with van der Waals surface area (Å²) in [5.41, 5.74) is 6.45. The largest absolute Gasteiger partial charge is 0.504 e. The summed E-state index contributed by atoms with van der Waals surface area (Å²) in [6.07, 6.45) is 3.93. The molecule has 1 spiro atoms. The molecule has 9 N–H and O–H groups in total. The number of carbonyl (C=O) groups excluding carboxylic acids is 1. The first-order valence-corrected chi connectivity index (χ1v) is 21.9. The Morgan fingerprint density at radius 2 is 1.96 bits per heavy atom. The second kappa shape index (κ2) is 18.0. The molecule has 10 atom stereocenters. The number of nitrogens with zero attached hydrogens (tertiary/aromatic N) is 1. The van der Waals surface area contributed by atoms with Crippen molar-refractivity contribution in [2.75, 3.05) is 37.7 Å². The van der Waals surface area contributed by atoms with Crippen LogP contribution >= 0.6 is 21.6 Å². The molecule has 0 aromatic heterocycles. The van der Waals surface area contributed by atoms with Crippen molar-refractivity contribution in [1.82, 2.24) is 16.0 Å². The summed E-state index contributed by atoms with van der Waals surface area (Å²) in [6.45, 7) is 5.30. The number of aromatic hydroxyl groups is 1. The molecule has 1 saturated heterocycles. The number of esters is 1. The summed E-state index contributed by atoms with van der Waals surface area (Å²) in [5, 5.41) is 55.8. The predicted molar refractivity (Wildman–Crippen MR) is 210 cm³/mol. The second-order valence-electron chi connectivity index (χ2n) is 15.9. The molecule has 3 heterocycles. The molecular formula is C39H59N5O7S2. The van der Waals surface area contributed by atoms with Gasteiger partial charge in [0.1, 0.15) is 12.2 Å². The quantitative estimate of drug-likeness (QED) is 0.127. The lowest BCUT2D eigenvalue weighted by atomic mass is 9.64. The fraction of sp³-hybridized carbons (Fsp3) is 0.744. The maximum absolute atomic E-state index is 12.7. The lowest BCUT2D eigenvalue weighted by Gasteiger charge is -2.52. The molecule has 12 nitrogen and oxygen atoms in total. The van der Waals surface area contributed by atoms with Gasteiger partial charge in [-0.1, -0.05) is 33.4 Å². The first-order valence-electron chi connectivity index (χ1n) is 19.4. The molecule has 5 aliphatic rings. The summed E-state index contributed by atoms with van der Waals surface area (Å²) < 4.78 is 12.8. The molecule has 8 bridgehead atoms. The average molecular weight is 774 g/mol. The number of piperidine rings is 1. The van der Waals surface area contributed by atoms with Crippen LogP contribution in [0.1, 0.15) is 82.8 Å². The third-order valence-electron chi connectivity index (χ3n) is 12.2. The van der Waals surface area contributed by atoms with E-state index in [0.29, 0.717) is 43.1 Å². The normalized spacial score (nSPS) is 36.2. The number of guanidine groups is 1. The van der Waals surface area contributed by atoms with E-state index in [0.717, 1.165) is 68.7 Å². The lowest BCUT2D eigenvalue weighted by molar-refractivity contribution is -0.152. The number of hydrogen-bond acceptors (Lipinski definition) is 14. The summed E-state index contributed by atoms with van der Waals surface area (Å²) in [6, 6.07) is 3.64. The monoisotopic (exact) mass is 773 g/mol. The van der Waals surface area contributed by atoms with Crippen LogP contribution in [-0.4, -0.2) is 106 Å². The fourth-order valence-corrected chi connectivity index (χ4v) is 11.2. The number of aliphatic hydroxyl groups excluding tert-OH is 3. The number of ether oxygens (including phenoxy) is 2. The van der Waals surface area contributed by atoms with Crippen molar-refractivity contribution in [2.45, 2.75) is 121 Å². The van der Waals surface area contributed by atoms with E-state index in [-0.39, 0.29) is 60.8 Å². The van der Waals surface area contributed by atoms with E-state index < -0.39 is 29.7 Å². The van der Waals surface area contributed by atoms with Gasteiger partial charge < -0.3 is 51.6 Å². The molecule has 53 heavy (non-hydrogen) atoms. The molecule has 0 radical (unpaired) electrons. The Balaban J connectivity index is 1.53. The van der Waals surface area contributed by atoms with Gasteiger partial charge in [-0.3, -0.25) is 9.79 Å². The van der Waals surface area contributed by atoms with Gasteiger partial charge in [0.25, 0.3) is 0 Å². The predicted octanol–water partition coefficient (Wildman–Crippen LogP) is 2.84. The highest BCUT2D eigenvalue weighted by Gasteiger charge is 2.49. The van der Waals surface area contributed by atoms with Gasteiger partial charge in [-0.2, -0.15) is 0 Å². The number of benzene rings is 1. The zero-order chi connectivity index (χ0) is 37.6. The van der Waals surface area contributed by atoms with Crippen LogP contribution in [0.15, 0.2) is 17.1 Å². The Bertz CT molecular complexity index is 1520. The van der Waals surface area contributed by atoms with Gasteiger partial charge in [0.05, 0.1) is 30.8 Å². The molecule has 3 aliphatic heterocycles. The SMILES string of the molecule is CC(=O)OC1CC(O)CCC2(C(C)O)C#CC3CC4CCC(NCCSSCCNC(N)=NC2)C2(C4)CC(CCN2)Oc2cc(c(CO)cc2O)CC31. The molecule has 0 amide bonds. The first-order chi connectivity index (χ1) is 25.5. The van der Waals surface area contributed by atoms with Crippen LogP contribution in [0.3, 0.4) is 0 Å². The zero-order valence-electron chi connectivity index (χ0n) is 31.1. The van der Waals surface area contributed by atoms with Crippen LogP contribution in [0.2, 0.25) is 0 Å². The van der Waals surface area contributed by atoms with Crippen LogP contribution in [0.5, 0.6) is 11.5 Å². The number of nitrogens with one attached hydrogen (secondary N) is 3. The summed E-state index contributed by atoms with van der Waals surface area (Å²) in [4.78, 5) is 17.4. The van der Waals surface area contributed by atoms with Gasteiger partial charge in [-0.15, -0.1) is 0 Å². The van der Waals surface area contributed by atoms with Crippen LogP contribution in [-0.2, 0) is 22.6 Å². The Morgan fingerprint density at radius 3 is 2.74 bits per heavy atom. The summed E-state index contributed by atoms with van der Waals surface area (Å²) in [7, 11) is 3.63. The molecule has 14 heteroatoms. The van der Waals surface area contributed by atoms with Crippen molar-refractivity contribution in [3.8, 4) is 23.3 Å². The number of phenolic OH excluding ortho intramolecular Hbond substituents is 1. The number of aliphatic imine (C=N–C) groups is 1. The van der Waals surface area contributed by atoms with E-state index in [1.165, 1.54) is 6.92 Å². The Labute approximate surface area is 322 Å². The van der Waals surface area contributed by atoms with Crippen LogP contribution in [0.4, 0.5) is 0 Å². The van der Waals surface area contributed by atoms with Gasteiger partial charge in [0.2, 0.25) is 0 Å². The molecule has 6 rings (SSSR count). The minimum Gasteiger partial charge on any atom is -0.504 e. The van der Waals surface area contributed by atoms with Crippen LogP contribution < -0.4 is 26.4 Å². The maximum Gasteiger partial charge on any atom is 0.302 e. The van der Waals surface area contributed by atoms with Gasteiger partial charge in [-0.25, -0.2) is 0 Å². The molecule has 1 aromatic rings. The number of nitrogens with two attached hydrogens (primary N) is 1. The molecule has 1 saturated carbocycles. The van der Waals surface area contributed by atoms with E-state index in [1.54, 1.807) is 23.8 Å². The fourth-order valence-electron chi connectivity index (χ4n) is 9.36. The zero-order valence-corrected chi connectivity index (χ0v) is 32.8. The van der Waals surface area contributed by atoms with Crippen molar-refractivity contribution in [2.24, 2.45) is 33.9 Å². The number of fused-ring (bicyclic) bond motifs is 6. The standard InChI is InChI=1S/C39H59N5O7S2/c1-24(46)38-8-5-27-15-26-3-4-36(41-11-13-52-53-14-12-42-37(40)43-23-38)39(20-26)21-31(7-10-44-39)51-35-18-28(29(22-45)17-33(35)49)16-32(27)34(50-25(2)47)19-30(48)6-9-38/h17-18,24,26-27,30-32,34,36,41,44-46,48-49H,3-4,6-7,9-16,19-23H2,1-2H3,(H3,40,42,43). The molecule has 2 aliphatic carbocycles. The molecule has 10 unspecified atom stereocenters. The number of phenols is 1. The molecule has 1 aromatic carbocycles. The smallest absolute Gasteiger partial charge is 0.302 e. The minimum absolute atomic E-state index is 0.0198. The summed E-state index contributed by atoms with van der Waals surface area (Å²) >= 11 is 0. The van der Waals surface area contributed by atoms with Crippen molar-refractivity contribution >= 4 is 33.5 Å². The van der Waals surface area contributed by atoms with Gasteiger partial charge in [0, 0.05) is 67.8 Å². The van der Waals surface area contributed by atoms with Gasteiger partial charge in [-0.05, 0) is 94.0 Å². The Hall–Kier alpha value is -2.38. The number of carbonyl (C=O) groups is 1. The van der Waals surface area contributed by atoms with E-state index in [4.69, 9.17) is 15.2 Å². The van der Waals surface area contributed by atoms with Gasteiger partial charge in [0.15, 0.2) is 17.5 Å². The summed E-state index contributed by atoms with van der Waals surface area (Å²) in [5.74, 6) is 8.84. The topological polar surface area (TPSA) is 191 Å². The Morgan fingerprint density at radius 1 is 1.15 bits per heavy atom. The maximum atomic E-state index is 12.7. The van der Waals surface area contributed by atoms with E-state index in [1.807, 2.05) is 16.9 Å². The van der Waals surface area contributed by atoms with Crippen molar-refractivity contribution in [3.63, 3.8) is 0 Å².